The molecule has 0 spiro atoms. The Morgan fingerprint density at radius 2 is 2.16 bits per heavy atom. The second kappa shape index (κ2) is 5.21. The molecule has 0 saturated heterocycles. The van der Waals surface area contributed by atoms with Crippen molar-refractivity contribution >= 4 is 17.4 Å². The average Bonchev–Trinajstić information content (AvgIpc) is 2.87. The zero-order chi connectivity index (χ0) is 14.2. The van der Waals surface area contributed by atoms with Gasteiger partial charge in [-0.3, -0.25) is 9.48 Å². The minimum atomic E-state index is -0.496. The van der Waals surface area contributed by atoms with Crippen LogP contribution in [-0.4, -0.2) is 25.5 Å². The van der Waals surface area contributed by atoms with Crippen LogP contribution in [0.2, 0.25) is 0 Å². The third kappa shape index (κ3) is 2.73. The SMILES string of the molecule is Cc1cc(C(=O)C(C)Cl)c(C)n1Cc1ccn(C)n1. The number of hydrogen-bond acceptors (Lipinski definition) is 2. The highest BCUT2D eigenvalue weighted by molar-refractivity contribution is 6.33. The fourth-order valence-electron chi connectivity index (χ4n) is 2.22. The average molecular weight is 280 g/mol. The Labute approximate surface area is 118 Å². The van der Waals surface area contributed by atoms with Crippen molar-refractivity contribution in [3.8, 4) is 0 Å². The van der Waals surface area contributed by atoms with Crippen LogP contribution in [0.3, 0.4) is 0 Å². The molecule has 19 heavy (non-hydrogen) atoms. The molecule has 1 atom stereocenters. The monoisotopic (exact) mass is 279 g/mol. The van der Waals surface area contributed by atoms with E-state index in [1.54, 1.807) is 11.6 Å². The Morgan fingerprint density at radius 3 is 2.68 bits per heavy atom. The lowest BCUT2D eigenvalue weighted by Crippen LogP contribution is -2.12. The van der Waals surface area contributed by atoms with Crippen LogP contribution in [0.25, 0.3) is 0 Å². The minimum Gasteiger partial charge on any atom is -0.342 e. The Morgan fingerprint density at radius 1 is 1.47 bits per heavy atom. The largest absolute Gasteiger partial charge is 0.342 e. The molecule has 5 heteroatoms. The predicted octanol–water partition coefficient (Wildman–Crippen LogP) is 2.70. The number of alkyl halides is 1. The van der Waals surface area contributed by atoms with Crippen LogP contribution in [0.1, 0.15) is 34.4 Å². The van der Waals surface area contributed by atoms with Crippen molar-refractivity contribution in [1.82, 2.24) is 14.3 Å². The van der Waals surface area contributed by atoms with Gasteiger partial charge in [-0.2, -0.15) is 5.10 Å². The summed E-state index contributed by atoms with van der Waals surface area (Å²) in [6.07, 6.45) is 1.91. The van der Waals surface area contributed by atoms with E-state index in [1.807, 2.05) is 39.2 Å². The van der Waals surface area contributed by atoms with Crippen molar-refractivity contribution in [2.75, 3.05) is 0 Å². The summed E-state index contributed by atoms with van der Waals surface area (Å²) in [5.41, 5.74) is 3.67. The third-order valence-electron chi connectivity index (χ3n) is 3.29. The lowest BCUT2D eigenvalue weighted by Gasteiger charge is -2.08. The van der Waals surface area contributed by atoms with Gasteiger partial charge in [-0.1, -0.05) is 0 Å². The Balaban J connectivity index is 2.34. The lowest BCUT2D eigenvalue weighted by molar-refractivity contribution is 0.0991. The maximum Gasteiger partial charge on any atom is 0.182 e. The maximum absolute atomic E-state index is 12.0. The molecule has 0 radical (unpaired) electrons. The number of halogens is 1. The Kier molecular flexibility index (Phi) is 3.80. The predicted molar refractivity (Wildman–Crippen MR) is 75.9 cm³/mol. The van der Waals surface area contributed by atoms with E-state index < -0.39 is 5.38 Å². The molecule has 2 aromatic rings. The normalized spacial score (nSPS) is 12.7. The second-order valence-corrected chi connectivity index (χ2v) is 5.49. The van der Waals surface area contributed by atoms with Crippen molar-refractivity contribution in [2.45, 2.75) is 32.7 Å². The fourth-order valence-corrected chi connectivity index (χ4v) is 2.34. The van der Waals surface area contributed by atoms with E-state index in [0.29, 0.717) is 12.1 Å². The number of carbonyl (C=O) groups is 1. The Bertz CT molecular complexity index is 610. The highest BCUT2D eigenvalue weighted by atomic mass is 35.5. The first kappa shape index (κ1) is 13.9. The van der Waals surface area contributed by atoms with Gasteiger partial charge in [-0.05, 0) is 32.9 Å². The van der Waals surface area contributed by atoms with Crippen molar-refractivity contribution < 1.29 is 4.79 Å². The maximum atomic E-state index is 12.0. The molecular weight excluding hydrogens is 262 g/mol. The minimum absolute atomic E-state index is 0.0259. The molecule has 2 aromatic heterocycles. The standard InChI is InChI=1S/C14H18ClN3O/c1-9-7-13(14(19)10(2)15)11(3)18(9)8-12-5-6-17(4)16-12/h5-7,10H,8H2,1-4H3. The van der Waals surface area contributed by atoms with E-state index in [9.17, 15) is 4.79 Å². The molecule has 0 aliphatic heterocycles. The molecule has 2 rings (SSSR count). The van der Waals surface area contributed by atoms with Crippen LogP contribution < -0.4 is 0 Å². The third-order valence-corrected chi connectivity index (χ3v) is 3.49. The van der Waals surface area contributed by atoms with Gasteiger partial charge in [-0.25, -0.2) is 0 Å². The molecule has 0 N–H and O–H groups in total. The van der Waals surface area contributed by atoms with Crippen molar-refractivity contribution in [3.05, 3.63) is 41.0 Å². The van der Waals surface area contributed by atoms with E-state index in [-0.39, 0.29) is 5.78 Å². The lowest BCUT2D eigenvalue weighted by atomic mass is 10.1. The number of hydrogen-bond donors (Lipinski definition) is 0. The molecule has 4 nitrogen and oxygen atoms in total. The van der Waals surface area contributed by atoms with E-state index in [1.165, 1.54) is 0 Å². The van der Waals surface area contributed by atoms with Gasteiger partial charge >= 0.3 is 0 Å². The number of Topliss-reactive ketones (excluding diaryl/α,β-unsaturated/α-hetero) is 1. The van der Waals surface area contributed by atoms with E-state index in [2.05, 4.69) is 9.67 Å². The summed E-state index contributed by atoms with van der Waals surface area (Å²) in [7, 11) is 1.89. The molecule has 0 bridgehead atoms. The van der Waals surface area contributed by atoms with Gasteiger partial charge in [0.05, 0.1) is 17.6 Å². The molecule has 0 saturated carbocycles. The van der Waals surface area contributed by atoms with E-state index in [4.69, 9.17) is 11.6 Å². The van der Waals surface area contributed by atoms with Gasteiger partial charge in [-0.15, -0.1) is 11.6 Å². The summed E-state index contributed by atoms with van der Waals surface area (Å²) in [4.78, 5) is 12.0. The number of aromatic nitrogens is 3. The highest BCUT2D eigenvalue weighted by Crippen LogP contribution is 2.19. The first-order chi connectivity index (χ1) is 8.90. The number of carbonyl (C=O) groups excluding carboxylic acids is 1. The highest BCUT2D eigenvalue weighted by Gasteiger charge is 2.19. The molecule has 102 valence electrons. The van der Waals surface area contributed by atoms with Crippen molar-refractivity contribution in [2.24, 2.45) is 7.05 Å². The summed E-state index contributed by atoms with van der Waals surface area (Å²) < 4.78 is 3.87. The topological polar surface area (TPSA) is 39.8 Å². The van der Waals surface area contributed by atoms with Crippen LogP contribution in [0.5, 0.6) is 0 Å². The summed E-state index contributed by atoms with van der Waals surface area (Å²) >= 11 is 5.89. The van der Waals surface area contributed by atoms with Gasteiger partial charge < -0.3 is 4.57 Å². The molecule has 1 unspecified atom stereocenters. The van der Waals surface area contributed by atoms with Crippen LogP contribution in [0.15, 0.2) is 18.3 Å². The fraction of sp³-hybridized carbons (Fsp3) is 0.429. The molecule has 2 heterocycles. The quantitative estimate of drug-likeness (QED) is 0.638. The zero-order valence-corrected chi connectivity index (χ0v) is 12.4. The van der Waals surface area contributed by atoms with Gasteiger partial charge in [0.2, 0.25) is 0 Å². The van der Waals surface area contributed by atoms with Gasteiger partial charge in [0, 0.05) is 30.2 Å². The number of ketones is 1. The molecule has 0 aromatic carbocycles. The van der Waals surface area contributed by atoms with Gasteiger partial charge in [0.15, 0.2) is 5.78 Å². The summed E-state index contributed by atoms with van der Waals surface area (Å²) in [6, 6.07) is 3.88. The van der Waals surface area contributed by atoms with Gasteiger partial charge in [0.25, 0.3) is 0 Å². The number of rotatable bonds is 4. The second-order valence-electron chi connectivity index (χ2n) is 4.83. The number of nitrogens with zero attached hydrogens (tertiary/aromatic N) is 3. The summed E-state index contributed by atoms with van der Waals surface area (Å²) in [5.74, 6) is -0.0259. The summed E-state index contributed by atoms with van der Waals surface area (Å²) in [5, 5.41) is 3.87. The molecule has 0 fully saturated rings. The van der Waals surface area contributed by atoms with Crippen LogP contribution in [-0.2, 0) is 13.6 Å². The molecule has 0 aliphatic rings. The summed E-state index contributed by atoms with van der Waals surface area (Å²) in [6.45, 7) is 6.31. The first-order valence-corrected chi connectivity index (χ1v) is 6.67. The van der Waals surface area contributed by atoms with Crippen molar-refractivity contribution in [1.29, 1.82) is 0 Å². The van der Waals surface area contributed by atoms with Crippen LogP contribution in [0, 0.1) is 13.8 Å². The van der Waals surface area contributed by atoms with E-state index in [0.717, 1.165) is 17.1 Å². The van der Waals surface area contributed by atoms with Crippen LogP contribution in [0.4, 0.5) is 0 Å². The van der Waals surface area contributed by atoms with Crippen molar-refractivity contribution in [3.63, 3.8) is 0 Å². The Hall–Kier alpha value is -1.55. The number of aryl methyl sites for hydroxylation is 2. The molecule has 0 amide bonds. The zero-order valence-electron chi connectivity index (χ0n) is 11.6. The molecular formula is C14H18ClN3O. The first-order valence-electron chi connectivity index (χ1n) is 6.23. The van der Waals surface area contributed by atoms with E-state index >= 15 is 0 Å². The van der Waals surface area contributed by atoms with Crippen LogP contribution >= 0.6 is 11.6 Å². The molecule has 0 aliphatic carbocycles. The van der Waals surface area contributed by atoms with Gasteiger partial charge in [0.1, 0.15) is 0 Å². The smallest absolute Gasteiger partial charge is 0.182 e.